The molecule has 30 heavy (non-hydrogen) atoms. The fourth-order valence-electron chi connectivity index (χ4n) is 3.76. The van der Waals surface area contributed by atoms with E-state index in [-0.39, 0.29) is 24.0 Å². The third kappa shape index (κ3) is 5.34. The van der Waals surface area contributed by atoms with Crippen LogP contribution in [0.2, 0.25) is 5.02 Å². The summed E-state index contributed by atoms with van der Waals surface area (Å²) in [4.78, 5) is 6.73. The van der Waals surface area contributed by atoms with Gasteiger partial charge < -0.3 is 15.5 Å². The van der Waals surface area contributed by atoms with E-state index in [1.165, 1.54) is 0 Å². The lowest BCUT2D eigenvalue weighted by atomic mass is 10.0. The zero-order valence-electron chi connectivity index (χ0n) is 17.0. The Hall–Kier alpha value is -2.07. The van der Waals surface area contributed by atoms with Gasteiger partial charge in [0.05, 0.1) is 10.7 Å². The summed E-state index contributed by atoms with van der Waals surface area (Å²) in [6, 6.07) is 14.3. The van der Waals surface area contributed by atoms with Gasteiger partial charge in [0, 0.05) is 45.3 Å². The van der Waals surface area contributed by atoms with E-state index in [1.54, 1.807) is 7.05 Å². The van der Waals surface area contributed by atoms with Crippen molar-refractivity contribution < 1.29 is 0 Å². The first kappa shape index (κ1) is 22.6. The van der Waals surface area contributed by atoms with Crippen LogP contribution in [0.25, 0.3) is 5.65 Å². The van der Waals surface area contributed by atoms with E-state index in [1.807, 2.05) is 47.0 Å². The number of benzene rings is 1. The SMILES string of the molecule is CN=C(NCCc1nnc2ccccn12)NC1CCCN(c2ccccc2Cl)C1.I. The lowest BCUT2D eigenvalue weighted by Gasteiger charge is -2.35. The van der Waals surface area contributed by atoms with Gasteiger partial charge in [0.25, 0.3) is 0 Å². The molecule has 0 spiro atoms. The summed E-state index contributed by atoms with van der Waals surface area (Å²) >= 11 is 6.39. The number of halogens is 2. The zero-order chi connectivity index (χ0) is 20.1. The Balaban J connectivity index is 0.00000256. The van der Waals surface area contributed by atoms with Gasteiger partial charge >= 0.3 is 0 Å². The maximum Gasteiger partial charge on any atom is 0.191 e. The summed E-state index contributed by atoms with van der Waals surface area (Å²) < 4.78 is 2.01. The normalized spacial score (nSPS) is 16.9. The van der Waals surface area contributed by atoms with Crippen molar-refractivity contribution in [2.45, 2.75) is 25.3 Å². The smallest absolute Gasteiger partial charge is 0.191 e. The van der Waals surface area contributed by atoms with Gasteiger partial charge in [0.2, 0.25) is 0 Å². The first-order valence-electron chi connectivity index (χ1n) is 10.00. The molecule has 2 aromatic heterocycles. The number of guanidine groups is 1. The molecule has 3 aromatic rings. The van der Waals surface area contributed by atoms with Crippen molar-refractivity contribution in [2.75, 3.05) is 31.6 Å². The van der Waals surface area contributed by atoms with Crippen molar-refractivity contribution in [3.8, 4) is 0 Å². The minimum Gasteiger partial charge on any atom is -0.368 e. The number of hydrogen-bond donors (Lipinski definition) is 2. The number of fused-ring (bicyclic) bond motifs is 1. The van der Waals surface area contributed by atoms with Crippen LogP contribution in [0.5, 0.6) is 0 Å². The Morgan fingerprint density at radius 1 is 1.20 bits per heavy atom. The predicted molar refractivity (Wildman–Crippen MR) is 133 cm³/mol. The highest BCUT2D eigenvalue weighted by Gasteiger charge is 2.22. The fourth-order valence-corrected chi connectivity index (χ4v) is 4.02. The monoisotopic (exact) mass is 539 g/mol. The van der Waals surface area contributed by atoms with E-state index < -0.39 is 0 Å². The Kier molecular flexibility index (Phi) is 8.15. The number of para-hydroxylation sites is 1. The van der Waals surface area contributed by atoms with Crippen LogP contribution in [-0.2, 0) is 6.42 Å². The lowest BCUT2D eigenvalue weighted by molar-refractivity contribution is 0.468. The lowest BCUT2D eigenvalue weighted by Crippen LogP contribution is -2.51. The summed E-state index contributed by atoms with van der Waals surface area (Å²) in [5.74, 6) is 1.75. The predicted octanol–water partition coefficient (Wildman–Crippen LogP) is 3.38. The second kappa shape index (κ2) is 10.8. The van der Waals surface area contributed by atoms with E-state index in [9.17, 15) is 0 Å². The first-order valence-corrected chi connectivity index (χ1v) is 10.4. The molecule has 4 rings (SSSR count). The van der Waals surface area contributed by atoms with Gasteiger partial charge in [0.15, 0.2) is 11.6 Å². The molecule has 1 fully saturated rings. The van der Waals surface area contributed by atoms with Gasteiger partial charge in [-0.15, -0.1) is 34.2 Å². The standard InChI is InChI=1S/C21H26ClN7.HI/c1-23-21(24-12-11-20-27-26-19-10-4-5-14-29(19)20)25-16-7-6-13-28(15-16)18-9-3-2-8-17(18)22;/h2-5,8-10,14,16H,6-7,11-13,15H2,1H3,(H2,23,24,25);1H. The van der Waals surface area contributed by atoms with E-state index in [2.05, 4.69) is 36.8 Å². The van der Waals surface area contributed by atoms with Crippen molar-refractivity contribution in [3.63, 3.8) is 0 Å². The number of nitrogens with one attached hydrogen (secondary N) is 2. The molecule has 0 bridgehead atoms. The van der Waals surface area contributed by atoms with Gasteiger partial charge in [-0.1, -0.05) is 29.8 Å². The number of aliphatic imine (C=N–C) groups is 1. The molecule has 0 aliphatic carbocycles. The number of anilines is 1. The minimum atomic E-state index is 0. The molecule has 1 unspecified atom stereocenters. The number of piperidine rings is 1. The summed E-state index contributed by atoms with van der Waals surface area (Å²) in [7, 11) is 1.80. The van der Waals surface area contributed by atoms with Crippen LogP contribution in [0, 0.1) is 0 Å². The topological polar surface area (TPSA) is 69.8 Å². The number of pyridine rings is 1. The van der Waals surface area contributed by atoms with Crippen LogP contribution in [0.15, 0.2) is 53.7 Å². The average molecular weight is 540 g/mol. The summed E-state index contributed by atoms with van der Waals surface area (Å²) in [5, 5.41) is 16.2. The number of hydrogen-bond acceptors (Lipinski definition) is 4. The van der Waals surface area contributed by atoms with Gasteiger partial charge in [-0.25, -0.2) is 0 Å². The van der Waals surface area contributed by atoms with E-state index in [0.717, 1.165) is 67.0 Å². The molecule has 1 atom stereocenters. The van der Waals surface area contributed by atoms with Crippen LogP contribution >= 0.6 is 35.6 Å². The average Bonchev–Trinajstić information content (AvgIpc) is 3.17. The van der Waals surface area contributed by atoms with Crippen molar-refractivity contribution in [1.82, 2.24) is 25.2 Å². The number of rotatable bonds is 5. The molecule has 0 amide bonds. The third-order valence-electron chi connectivity index (χ3n) is 5.20. The zero-order valence-corrected chi connectivity index (χ0v) is 20.0. The molecule has 7 nitrogen and oxygen atoms in total. The Labute approximate surface area is 198 Å². The molecular weight excluding hydrogens is 513 g/mol. The second-order valence-electron chi connectivity index (χ2n) is 7.17. The van der Waals surface area contributed by atoms with E-state index in [0.29, 0.717) is 6.04 Å². The van der Waals surface area contributed by atoms with Crippen molar-refractivity contribution in [1.29, 1.82) is 0 Å². The van der Waals surface area contributed by atoms with Gasteiger partial charge in [-0.3, -0.25) is 9.39 Å². The molecule has 2 N–H and O–H groups in total. The van der Waals surface area contributed by atoms with Crippen LogP contribution in [-0.4, -0.2) is 53.3 Å². The highest BCUT2D eigenvalue weighted by molar-refractivity contribution is 14.0. The van der Waals surface area contributed by atoms with Crippen molar-refractivity contribution >= 4 is 52.9 Å². The van der Waals surface area contributed by atoms with Gasteiger partial charge in [-0.05, 0) is 37.1 Å². The highest BCUT2D eigenvalue weighted by Crippen LogP contribution is 2.27. The Morgan fingerprint density at radius 3 is 2.87 bits per heavy atom. The Bertz CT molecular complexity index is 990. The third-order valence-corrected chi connectivity index (χ3v) is 5.52. The number of aromatic nitrogens is 3. The number of nitrogens with zero attached hydrogens (tertiary/aromatic N) is 5. The summed E-state index contributed by atoms with van der Waals surface area (Å²) in [6.07, 6.45) is 4.98. The van der Waals surface area contributed by atoms with Crippen LogP contribution in [0.1, 0.15) is 18.7 Å². The Morgan fingerprint density at radius 2 is 2.03 bits per heavy atom. The molecular formula is C21H27ClIN7. The fraction of sp³-hybridized carbons (Fsp3) is 0.381. The van der Waals surface area contributed by atoms with E-state index >= 15 is 0 Å². The van der Waals surface area contributed by atoms with Crippen LogP contribution in [0.3, 0.4) is 0 Å². The van der Waals surface area contributed by atoms with Crippen LogP contribution < -0.4 is 15.5 Å². The highest BCUT2D eigenvalue weighted by atomic mass is 127. The summed E-state index contributed by atoms with van der Waals surface area (Å²) in [5.41, 5.74) is 1.97. The minimum absolute atomic E-state index is 0. The quantitative estimate of drug-likeness (QED) is 0.296. The molecule has 0 radical (unpaired) electrons. The van der Waals surface area contributed by atoms with E-state index in [4.69, 9.17) is 11.6 Å². The first-order chi connectivity index (χ1) is 14.2. The molecule has 1 aromatic carbocycles. The molecule has 0 saturated carbocycles. The van der Waals surface area contributed by atoms with Gasteiger partial charge in [-0.2, -0.15) is 0 Å². The van der Waals surface area contributed by atoms with Gasteiger partial charge in [0.1, 0.15) is 5.82 Å². The van der Waals surface area contributed by atoms with Crippen molar-refractivity contribution in [2.24, 2.45) is 4.99 Å². The molecule has 1 saturated heterocycles. The maximum absolute atomic E-state index is 6.39. The molecule has 1 aliphatic rings. The summed E-state index contributed by atoms with van der Waals surface area (Å²) in [6.45, 7) is 2.66. The molecule has 3 heterocycles. The second-order valence-corrected chi connectivity index (χ2v) is 7.58. The molecule has 1 aliphatic heterocycles. The van der Waals surface area contributed by atoms with Crippen molar-refractivity contribution in [3.05, 3.63) is 59.5 Å². The molecule has 9 heteroatoms. The van der Waals surface area contributed by atoms with Crippen LogP contribution in [0.4, 0.5) is 5.69 Å². The largest absolute Gasteiger partial charge is 0.368 e. The molecule has 160 valence electrons. The maximum atomic E-state index is 6.39.